The van der Waals surface area contributed by atoms with Gasteiger partial charge in [0.25, 0.3) is 0 Å². The van der Waals surface area contributed by atoms with E-state index in [2.05, 4.69) is 10.5 Å². The molecule has 4 heteroatoms. The van der Waals surface area contributed by atoms with Gasteiger partial charge in [-0.2, -0.15) is 0 Å². The molecule has 1 aromatic heterocycles. The van der Waals surface area contributed by atoms with Crippen molar-refractivity contribution < 1.29 is 9.32 Å². The van der Waals surface area contributed by atoms with Crippen LogP contribution in [0.2, 0.25) is 0 Å². The third-order valence-corrected chi connectivity index (χ3v) is 1.39. The van der Waals surface area contributed by atoms with Gasteiger partial charge >= 0.3 is 0 Å². The molecule has 0 aliphatic rings. The van der Waals surface area contributed by atoms with Gasteiger partial charge in [0, 0.05) is 12.5 Å². The van der Waals surface area contributed by atoms with Crippen LogP contribution in [0.3, 0.4) is 0 Å². The fourth-order valence-electron chi connectivity index (χ4n) is 0.944. The summed E-state index contributed by atoms with van der Waals surface area (Å²) in [5, 5.41) is 6.09. The Balaban J connectivity index is 2.43. The SMILES string of the molecule is CC(C)(C)CC(=O)Nc1ccno1. The number of hydrogen-bond donors (Lipinski definition) is 1. The van der Waals surface area contributed by atoms with Gasteiger partial charge in [0.15, 0.2) is 0 Å². The Kier molecular flexibility index (Phi) is 2.70. The lowest BCUT2D eigenvalue weighted by Crippen LogP contribution is -2.19. The largest absolute Gasteiger partial charge is 0.338 e. The molecule has 0 bridgehead atoms. The zero-order valence-electron chi connectivity index (χ0n) is 8.13. The number of amides is 1. The van der Waals surface area contributed by atoms with E-state index in [9.17, 15) is 4.79 Å². The number of carbonyl (C=O) groups excluding carboxylic acids is 1. The highest BCUT2D eigenvalue weighted by Gasteiger charge is 2.16. The molecule has 0 aromatic carbocycles. The normalized spacial score (nSPS) is 11.3. The quantitative estimate of drug-likeness (QED) is 0.761. The van der Waals surface area contributed by atoms with Crippen LogP contribution in [0.25, 0.3) is 0 Å². The maximum atomic E-state index is 11.3. The first-order chi connectivity index (χ1) is 5.97. The molecule has 13 heavy (non-hydrogen) atoms. The summed E-state index contributed by atoms with van der Waals surface area (Å²) in [5.74, 6) is 0.346. The third-order valence-electron chi connectivity index (χ3n) is 1.39. The molecule has 1 heterocycles. The molecule has 0 fully saturated rings. The molecule has 0 saturated heterocycles. The molecule has 0 radical (unpaired) electrons. The highest BCUT2D eigenvalue weighted by Crippen LogP contribution is 2.19. The molecule has 0 saturated carbocycles. The molecular formula is C9H14N2O2. The molecule has 0 aliphatic carbocycles. The third kappa shape index (κ3) is 3.73. The summed E-state index contributed by atoms with van der Waals surface area (Å²) in [6.45, 7) is 6.02. The number of aromatic nitrogens is 1. The summed E-state index contributed by atoms with van der Waals surface area (Å²) in [6.07, 6.45) is 1.96. The van der Waals surface area contributed by atoms with Gasteiger partial charge in [-0.3, -0.25) is 10.1 Å². The smallest absolute Gasteiger partial charge is 0.231 e. The molecule has 0 aliphatic heterocycles. The molecular weight excluding hydrogens is 168 g/mol. The second kappa shape index (κ2) is 3.60. The maximum Gasteiger partial charge on any atom is 0.231 e. The minimum absolute atomic E-state index is 0.00982. The average Bonchev–Trinajstić information content (AvgIpc) is 2.34. The molecule has 1 rings (SSSR count). The van der Waals surface area contributed by atoms with E-state index >= 15 is 0 Å². The molecule has 72 valence electrons. The highest BCUT2D eigenvalue weighted by atomic mass is 16.5. The van der Waals surface area contributed by atoms with Crippen molar-refractivity contribution in [1.29, 1.82) is 0 Å². The van der Waals surface area contributed by atoms with E-state index < -0.39 is 0 Å². The number of rotatable bonds is 2. The summed E-state index contributed by atoms with van der Waals surface area (Å²) in [7, 11) is 0. The molecule has 4 nitrogen and oxygen atoms in total. The number of anilines is 1. The van der Waals surface area contributed by atoms with Gasteiger partial charge in [-0.25, -0.2) is 0 Å². The first-order valence-electron chi connectivity index (χ1n) is 4.18. The van der Waals surface area contributed by atoms with Gasteiger partial charge in [-0.05, 0) is 5.41 Å². The maximum absolute atomic E-state index is 11.3. The second-order valence-corrected chi connectivity index (χ2v) is 4.16. The minimum Gasteiger partial charge on any atom is -0.338 e. The first kappa shape index (κ1) is 9.77. The highest BCUT2D eigenvalue weighted by molar-refractivity contribution is 5.89. The van der Waals surface area contributed by atoms with Crippen LogP contribution in [-0.4, -0.2) is 11.1 Å². The van der Waals surface area contributed by atoms with Gasteiger partial charge < -0.3 is 4.52 Å². The fraction of sp³-hybridized carbons (Fsp3) is 0.556. The van der Waals surface area contributed by atoms with Crippen LogP contribution in [0.1, 0.15) is 27.2 Å². The van der Waals surface area contributed by atoms with Gasteiger partial charge in [0.1, 0.15) is 0 Å². The van der Waals surface area contributed by atoms with E-state index in [0.717, 1.165) is 0 Å². The van der Waals surface area contributed by atoms with E-state index in [1.54, 1.807) is 6.07 Å². The Morgan fingerprint density at radius 3 is 2.77 bits per heavy atom. The number of nitrogens with zero attached hydrogens (tertiary/aromatic N) is 1. The van der Waals surface area contributed by atoms with Gasteiger partial charge in [-0.15, -0.1) is 0 Å². The fourth-order valence-corrected chi connectivity index (χ4v) is 0.944. The number of hydrogen-bond acceptors (Lipinski definition) is 3. The summed E-state index contributed by atoms with van der Waals surface area (Å²) in [5.41, 5.74) is -0.00982. The van der Waals surface area contributed by atoms with Crippen molar-refractivity contribution in [2.24, 2.45) is 5.41 Å². The van der Waals surface area contributed by atoms with E-state index in [1.807, 2.05) is 20.8 Å². The van der Waals surface area contributed by atoms with Crippen LogP contribution >= 0.6 is 0 Å². The van der Waals surface area contributed by atoms with Crippen LogP contribution in [-0.2, 0) is 4.79 Å². The van der Waals surface area contributed by atoms with Crippen LogP contribution in [0.15, 0.2) is 16.8 Å². The summed E-state index contributed by atoms with van der Waals surface area (Å²) < 4.78 is 4.74. The average molecular weight is 182 g/mol. The second-order valence-electron chi connectivity index (χ2n) is 4.16. The van der Waals surface area contributed by atoms with Crippen molar-refractivity contribution in [2.75, 3.05) is 5.32 Å². The van der Waals surface area contributed by atoms with Crippen LogP contribution < -0.4 is 5.32 Å². The Hall–Kier alpha value is -1.32. The van der Waals surface area contributed by atoms with Crippen molar-refractivity contribution in [2.45, 2.75) is 27.2 Å². The predicted octanol–water partition coefficient (Wildman–Crippen LogP) is 2.05. The van der Waals surface area contributed by atoms with Crippen molar-refractivity contribution in [3.8, 4) is 0 Å². The van der Waals surface area contributed by atoms with Crippen molar-refractivity contribution in [1.82, 2.24) is 5.16 Å². The van der Waals surface area contributed by atoms with Crippen LogP contribution in [0.4, 0.5) is 5.88 Å². The molecule has 0 unspecified atom stereocenters. The summed E-state index contributed by atoms with van der Waals surface area (Å²) in [4.78, 5) is 11.3. The summed E-state index contributed by atoms with van der Waals surface area (Å²) >= 11 is 0. The molecule has 1 N–H and O–H groups in total. The monoisotopic (exact) mass is 182 g/mol. The minimum atomic E-state index is -0.0516. The van der Waals surface area contributed by atoms with Gasteiger partial charge in [0.2, 0.25) is 11.8 Å². The Morgan fingerprint density at radius 2 is 2.31 bits per heavy atom. The molecule has 0 spiro atoms. The predicted molar refractivity (Wildman–Crippen MR) is 49.2 cm³/mol. The molecule has 0 atom stereocenters. The van der Waals surface area contributed by atoms with Crippen molar-refractivity contribution in [3.63, 3.8) is 0 Å². The zero-order chi connectivity index (χ0) is 9.90. The summed E-state index contributed by atoms with van der Waals surface area (Å²) in [6, 6.07) is 1.61. The lowest BCUT2D eigenvalue weighted by molar-refractivity contribution is -0.117. The van der Waals surface area contributed by atoms with Gasteiger partial charge in [-0.1, -0.05) is 25.9 Å². The lowest BCUT2D eigenvalue weighted by atomic mass is 9.92. The van der Waals surface area contributed by atoms with E-state index in [4.69, 9.17) is 4.52 Å². The number of carbonyl (C=O) groups is 1. The standard InChI is InChI=1S/C9H14N2O2/c1-9(2,3)6-7(12)11-8-4-5-10-13-8/h4-5H,6H2,1-3H3,(H,11,12). The van der Waals surface area contributed by atoms with E-state index in [1.165, 1.54) is 6.20 Å². The van der Waals surface area contributed by atoms with E-state index in [-0.39, 0.29) is 11.3 Å². The molecule has 1 aromatic rings. The Morgan fingerprint density at radius 1 is 1.62 bits per heavy atom. The number of nitrogens with one attached hydrogen (secondary N) is 1. The Bertz CT molecular complexity index is 272. The Labute approximate surface area is 77.3 Å². The van der Waals surface area contributed by atoms with Crippen LogP contribution in [0.5, 0.6) is 0 Å². The molecule has 1 amide bonds. The van der Waals surface area contributed by atoms with Crippen LogP contribution in [0, 0.1) is 5.41 Å². The van der Waals surface area contributed by atoms with Crippen molar-refractivity contribution in [3.05, 3.63) is 12.3 Å². The van der Waals surface area contributed by atoms with Gasteiger partial charge in [0.05, 0.1) is 6.20 Å². The lowest BCUT2D eigenvalue weighted by Gasteiger charge is -2.16. The zero-order valence-corrected chi connectivity index (χ0v) is 8.13. The van der Waals surface area contributed by atoms with E-state index in [0.29, 0.717) is 12.3 Å². The topological polar surface area (TPSA) is 55.1 Å². The first-order valence-corrected chi connectivity index (χ1v) is 4.18. The van der Waals surface area contributed by atoms with Crippen molar-refractivity contribution >= 4 is 11.8 Å².